The van der Waals surface area contributed by atoms with Crippen LogP contribution < -0.4 is 5.32 Å². The first-order valence-corrected chi connectivity index (χ1v) is 9.56. The summed E-state index contributed by atoms with van der Waals surface area (Å²) in [6, 6.07) is 8.41. The van der Waals surface area contributed by atoms with E-state index in [1.807, 2.05) is 26.8 Å². The topological polar surface area (TPSA) is 58.4 Å². The first-order valence-electron chi connectivity index (χ1n) is 9.56. The van der Waals surface area contributed by atoms with Crippen LogP contribution in [0.1, 0.15) is 60.2 Å². The Labute approximate surface area is 155 Å². The molecule has 5 nitrogen and oxygen atoms in total. The number of benzene rings is 1. The highest BCUT2D eigenvalue weighted by Gasteiger charge is 2.23. The second-order valence-corrected chi connectivity index (χ2v) is 7.28. The van der Waals surface area contributed by atoms with Crippen LogP contribution in [0.2, 0.25) is 0 Å². The second-order valence-electron chi connectivity index (χ2n) is 7.28. The third-order valence-electron chi connectivity index (χ3n) is 5.33. The number of nitrogens with one attached hydrogen (secondary N) is 1. The molecule has 2 aromatic rings. The van der Waals surface area contributed by atoms with E-state index >= 15 is 0 Å². The van der Waals surface area contributed by atoms with Crippen molar-refractivity contribution in [1.29, 1.82) is 0 Å². The average Bonchev–Trinajstić information content (AvgIpc) is 2.99. The quantitative estimate of drug-likeness (QED) is 0.858. The average molecular weight is 355 g/mol. The van der Waals surface area contributed by atoms with Gasteiger partial charge in [0.2, 0.25) is 5.91 Å². The van der Waals surface area contributed by atoms with Crippen LogP contribution in [-0.2, 0) is 17.9 Å². The number of carbonyl (C=O) groups is 1. The molecular weight excluding hydrogens is 326 g/mol. The standard InChI is InChI=1S/C21H29N3O2/c1-15(20-16(2)23-26-17(20)3)21(25)22-13-18-9-5-6-10-19(18)14-24-11-7-4-8-12-24/h5-6,9-10,15H,4,7-8,11-14H2,1-3H3,(H,22,25). The number of hydrogen-bond donors (Lipinski definition) is 1. The number of rotatable bonds is 6. The zero-order valence-corrected chi connectivity index (χ0v) is 16.0. The van der Waals surface area contributed by atoms with E-state index in [0.29, 0.717) is 6.54 Å². The lowest BCUT2D eigenvalue weighted by Crippen LogP contribution is -2.31. The minimum atomic E-state index is -0.268. The fourth-order valence-corrected chi connectivity index (χ4v) is 3.82. The van der Waals surface area contributed by atoms with Crippen molar-refractivity contribution in [3.05, 3.63) is 52.4 Å². The van der Waals surface area contributed by atoms with Crippen LogP contribution in [-0.4, -0.2) is 29.1 Å². The number of amides is 1. The maximum absolute atomic E-state index is 12.6. The smallest absolute Gasteiger partial charge is 0.227 e. The number of carbonyl (C=O) groups excluding carboxylic acids is 1. The lowest BCUT2D eigenvalue weighted by atomic mass is 9.98. The Hall–Kier alpha value is -2.14. The molecule has 1 fully saturated rings. The zero-order valence-electron chi connectivity index (χ0n) is 16.0. The van der Waals surface area contributed by atoms with Gasteiger partial charge in [0, 0.05) is 18.7 Å². The van der Waals surface area contributed by atoms with Gasteiger partial charge in [0.15, 0.2) is 0 Å². The van der Waals surface area contributed by atoms with Crippen molar-refractivity contribution < 1.29 is 9.32 Å². The first kappa shape index (κ1) is 18.6. The van der Waals surface area contributed by atoms with Gasteiger partial charge in [-0.15, -0.1) is 0 Å². The predicted octanol–water partition coefficient (Wildman–Crippen LogP) is 3.70. The summed E-state index contributed by atoms with van der Waals surface area (Å²) in [6.45, 7) is 9.49. The molecule has 1 aliphatic heterocycles. The van der Waals surface area contributed by atoms with Gasteiger partial charge >= 0.3 is 0 Å². The molecule has 5 heteroatoms. The van der Waals surface area contributed by atoms with E-state index in [-0.39, 0.29) is 11.8 Å². The highest BCUT2D eigenvalue weighted by atomic mass is 16.5. The highest BCUT2D eigenvalue weighted by Crippen LogP contribution is 2.23. The zero-order chi connectivity index (χ0) is 18.5. The summed E-state index contributed by atoms with van der Waals surface area (Å²) in [6.07, 6.45) is 3.91. The van der Waals surface area contributed by atoms with Crippen molar-refractivity contribution in [2.24, 2.45) is 0 Å². The van der Waals surface area contributed by atoms with Crippen LogP contribution in [0.4, 0.5) is 0 Å². The van der Waals surface area contributed by atoms with E-state index in [9.17, 15) is 4.79 Å². The normalized spacial score (nSPS) is 16.4. The van der Waals surface area contributed by atoms with Gasteiger partial charge in [0.1, 0.15) is 5.76 Å². The Bertz CT molecular complexity index is 728. The lowest BCUT2D eigenvalue weighted by molar-refractivity contribution is -0.122. The van der Waals surface area contributed by atoms with Crippen molar-refractivity contribution in [1.82, 2.24) is 15.4 Å². The van der Waals surface area contributed by atoms with Gasteiger partial charge in [-0.25, -0.2) is 0 Å². The van der Waals surface area contributed by atoms with E-state index < -0.39 is 0 Å². The fourth-order valence-electron chi connectivity index (χ4n) is 3.82. The van der Waals surface area contributed by atoms with Crippen LogP contribution in [0.15, 0.2) is 28.8 Å². The molecule has 0 saturated carbocycles. The molecule has 0 radical (unpaired) electrons. The van der Waals surface area contributed by atoms with E-state index in [4.69, 9.17) is 4.52 Å². The molecule has 140 valence electrons. The van der Waals surface area contributed by atoms with Crippen LogP contribution in [0, 0.1) is 13.8 Å². The first-order chi connectivity index (χ1) is 12.6. The Morgan fingerprint density at radius 3 is 2.54 bits per heavy atom. The molecule has 1 aromatic carbocycles. The van der Waals surface area contributed by atoms with E-state index in [1.165, 1.54) is 43.5 Å². The lowest BCUT2D eigenvalue weighted by Gasteiger charge is -2.27. The van der Waals surface area contributed by atoms with Crippen LogP contribution in [0.25, 0.3) is 0 Å². The molecule has 1 amide bonds. The largest absolute Gasteiger partial charge is 0.361 e. The molecule has 1 N–H and O–H groups in total. The molecule has 26 heavy (non-hydrogen) atoms. The van der Waals surface area contributed by atoms with E-state index in [2.05, 4.69) is 33.6 Å². The minimum Gasteiger partial charge on any atom is -0.361 e. The maximum atomic E-state index is 12.6. The van der Waals surface area contributed by atoms with Crippen molar-refractivity contribution in [2.75, 3.05) is 13.1 Å². The number of nitrogens with zero attached hydrogens (tertiary/aromatic N) is 2. The van der Waals surface area contributed by atoms with E-state index in [0.717, 1.165) is 23.6 Å². The van der Waals surface area contributed by atoms with Gasteiger partial charge in [0.05, 0.1) is 11.6 Å². The van der Waals surface area contributed by atoms with E-state index in [1.54, 1.807) is 0 Å². The Kier molecular flexibility index (Phi) is 6.09. The predicted molar refractivity (Wildman–Crippen MR) is 102 cm³/mol. The highest BCUT2D eigenvalue weighted by molar-refractivity contribution is 5.83. The fraction of sp³-hybridized carbons (Fsp3) is 0.524. The summed E-state index contributed by atoms with van der Waals surface area (Å²) in [7, 11) is 0. The molecule has 0 spiro atoms. The number of aromatic nitrogens is 1. The van der Waals surface area contributed by atoms with Gasteiger partial charge in [-0.2, -0.15) is 0 Å². The van der Waals surface area contributed by atoms with Crippen molar-refractivity contribution >= 4 is 5.91 Å². The molecule has 1 atom stereocenters. The monoisotopic (exact) mass is 355 g/mol. The van der Waals surface area contributed by atoms with Gasteiger partial charge in [0.25, 0.3) is 0 Å². The second kappa shape index (κ2) is 8.49. The number of likely N-dealkylation sites (tertiary alicyclic amines) is 1. The summed E-state index contributed by atoms with van der Waals surface area (Å²) in [5.74, 6) is 0.457. The molecular formula is C21H29N3O2. The van der Waals surface area contributed by atoms with Crippen LogP contribution in [0.5, 0.6) is 0 Å². The number of aryl methyl sites for hydroxylation is 2. The van der Waals surface area contributed by atoms with Crippen LogP contribution >= 0.6 is 0 Å². The van der Waals surface area contributed by atoms with Gasteiger partial charge in [-0.05, 0) is 57.8 Å². The van der Waals surface area contributed by atoms with Gasteiger partial charge in [-0.1, -0.05) is 35.8 Å². The Morgan fingerprint density at radius 2 is 1.88 bits per heavy atom. The Balaban J connectivity index is 1.63. The summed E-state index contributed by atoms with van der Waals surface area (Å²) in [4.78, 5) is 15.1. The van der Waals surface area contributed by atoms with Crippen molar-refractivity contribution in [3.63, 3.8) is 0 Å². The minimum absolute atomic E-state index is 0.00664. The maximum Gasteiger partial charge on any atom is 0.227 e. The molecule has 1 aliphatic rings. The third kappa shape index (κ3) is 4.33. The molecule has 1 aromatic heterocycles. The van der Waals surface area contributed by atoms with Gasteiger partial charge in [-0.3, -0.25) is 9.69 Å². The molecule has 1 saturated heterocycles. The molecule has 2 heterocycles. The summed E-state index contributed by atoms with van der Waals surface area (Å²) in [5, 5.41) is 7.05. The Morgan fingerprint density at radius 1 is 1.19 bits per heavy atom. The third-order valence-corrected chi connectivity index (χ3v) is 5.33. The molecule has 0 bridgehead atoms. The molecule has 0 aliphatic carbocycles. The summed E-state index contributed by atoms with van der Waals surface area (Å²) >= 11 is 0. The summed E-state index contributed by atoms with van der Waals surface area (Å²) in [5.41, 5.74) is 4.18. The SMILES string of the molecule is Cc1noc(C)c1C(C)C(=O)NCc1ccccc1CN1CCCCC1. The number of piperidine rings is 1. The number of hydrogen-bond acceptors (Lipinski definition) is 4. The molecule has 1 unspecified atom stereocenters. The van der Waals surface area contributed by atoms with Crippen molar-refractivity contribution in [2.45, 2.75) is 59.0 Å². The van der Waals surface area contributed by atoms with Crippen molar-refractivity contribution in [3.8, 4) is 0 Å². The molecule has 3 rings (SSSR count). The summed E-state index contributed by atoms with van der Waals surface area (Å²) < 4.78 is 5.20. The van der Waals surface area contributed by atoms with Crippen LogP contribution in [0.3, 0.4) is 0 Å². The van der Waals surface area contributed by atoms with Gasteiger partial charge < -0.3 is 9.84 Å².